The van der Waals surface area contributed by atoms with E-state index in [1.807, 2.05) is 0 Å². The van der Waals surface area contributed by atoms with Crippen LogP contribution >= 0.6 is 0 Å². The number of hydrogen-bond donors (Lipinski definition) is 1. The van der Waals surface area contributed by atoms with Crippen molar-refractivity contribution >= 4 is 0 Å². The van der Waals surface area contributed by atoms with Crippen molar-refractivity contribution in [2.75, 3.05) is 7.05 Å². The molecule has 2 fully saturated rings. The molecule has 2 unspecified atom stereocenters. The van der Waals surface area contributed by atoms with Crippen LogP contribution in [0.2, 0.25) is 0 Å². The summed E-state index contributed by atoms with van der Waals surface area (Å²) in [6.45, 7) is 4.69. The van der Waals surface area contributed by atoms with Gasteiger partial charge < -0.3 is 5.32 Å². The van der Waals surface area contributed by atoms with Gasteiger partial charge in [-0.1, -0.05) is 13.8 Å². The second-order valence-corrected chi connectivity index (χ2v) is 5.26. The molecule has 2 nitrogen and oxygen atoms in total. The third-order valence-electron chi connectivity index (χ3n) is 4.56. The van der Waals surface area contributed by atoms with Crippen LogP contribution in [0, 0.1) is 0 Å². The van der Waals surface area contributed by atoms with E-state index in [9.17, 15) is 0 Å². The lowest BCUT2D eigenvalue weighted by Crippen LogP contribution is -2.52. The van der Waals surface area contributed by atoms with Gasteiger partial charge in [-0.25, -0.2) is 0 Å². The predicted octanol–water partition coefficient (Wildman–Crippen LogP) is 2.39. The Morgan fingerprint density at radius 2 is 1.67 bits per heavy atom. The highest BCUT2D eigenvalue weighted by Gasteiger charge is 2.42. The summed E-state index contributed by atoms with van der Waals surface area (Å²) in [5.41, 5.74) is 0. The molecule has 0 aromatic rings. The smallest absolute Gasteiger partial charge is 0.0116 e. The average Bonchev–Trinajstić information content (AvgIpc) is 2.52. The molecule has 2 heterocycles. The summed E-state index contributed by atoms with van der Waals surface area (Å²) in [5.74, 6) is 0. The second kappa shape index (κ2) is 4.84. The van der Waals surface area contributed by atoms with Crippen LogP contribution in [0.1, 0.15) is 52.4 Å². The Balaban J connectivity index is 2.03. The molecule has 15 heavy (non-hydrogen) atoms. The molecular formula is C13H26N2. The second-order valence-electron chi connectivity index (χ2n) is 5.26. The number of hydrogen-bond acceptors (Lipinski definition) is 2. The first-order chi connectivity index (χ1) is 7.30. The van der Waals surface area contributed by atoms with Gasteiger partial charge in [-0.2, -0.15) is 0 Å². The maximum atomic E-state index is 3.47. The fraction of sp³-hybridized carbons (Fsp3) is 1.00. The van der Waals surface area contributed by atoms with Gasteiger partial charge in [-0.05, 0) is 45.6 Å². The van der Waals surface area contributed by atoms with Crippen molar-refractivity contribution < 1.29 is 0 Å². The summed E-state index contributed by atoms with van der Waals surface area (Å²) >= 11 is 0. The van der Waals surface area contributed by atoms with Gasteiger partial charge in [0, 0.05) is 24.2 Å². The molecule has 0 saturated carbocycles. The fourth-order valence-electron chi connectivity index (χ4n) is 3.76. The maximum Gasteiger partial charge on any atom is 0.0116 e. The molecule has 2 aliphatic heterocycles. The number of piperidine rings is 1. The zero-order valence-corrected chi connectivity index (χ0v) is 10.5. The van der Waals surface area contributed by atoms with Gasteiger partial charge in [0.2, 0.25) is 0 Å². The van der Waals surface area contributed by atoms with Gasteiger partial charge in [0.25, 0.3) is 0 Å². The molecule has 0 radical (unpaired) electrons. The van der Waals surface area contributed by atoms with Crippen LogP contribution in [0.3, 0.4) is 0 Å². The van der Waals surface area contributed by atoms with E-state index in [4.69, 9.17) is 0 Å². The first-order valence-corrected chi connectivity index (χ1v) is 6.74. The normalized spacial score (nSPS) is 36.4. The molecule has 2 aliphatic rings. The third kappa shape index (κ3) is 2.07. The number of rotatable bonds is 4. The van der Waals surface area contributed by atoms with E-state index in [0.29, 0.717) is 0 Å². The maximum absolute atomic E-state index is 3.47. The van der Waals surface area contributed by atoms with Crippen LogP contribution in [0.15, 0.2) is 0 Å². The van der Waals surface area contributed by atoms with Crippen molar-refractivity contribution in [2.24, 2.45) is 0 Å². The molecule has 2 atom stereocenters. The predicted molar refractivity (Wildman–Crippen MR) is 65.1 cm³/mol. The highest BCUT2D eigenvalue weighted by atomic mass is 15.3. The molecule has 0 aromatic carbocycles. The first-order valence-electron chi connectivity index (χ1n) is 6.74. The SMILES string of the molecule is CCC(CC)N1C2CCC1CC(NC)C2. The Hall–Kier alpha value is -0.0800. The molecule has 1 N–H and O–H groups in total. The van der Waals surface area contributed by atoms with Crippen LogP contribution in [0.4, 0.5) is 0 Å². The fourth-order valence-corrected chi connectivity index (χ4v) is 3.76. The number of fused-ring (bicyclic) bond motifs is 2. The van der Waals surface area contributed by atoms with Gasteiger partial charge in [0.15, 0.2) is 0 Å². The summed E-state index contributed by atoms with van der Waals surface area (Å²) in [5, 5.41) is 3.47. The topological polar surface area (TPSA) is 15.3 Å². The van der Waals surface area contributed by atoms with Crippen molar-refractivity contribution in [3.05, 3.63) is 0 Å². The van der Waals surface area contributed by atoms with Crippen molar-refractivity contribution in [1.82, 2.24) is 10.2 Å². The monoisotopic (exact) mass is 210 g/mol. The van der Waals surface area contributed by atoms with Crippen molar-refractivity contribution in [3.8, 4) is 0 Å². The molecule has 2 heteroatoms. The Morgan fingerprint density at radius 3 is 2.07 bits per heavy atom. The molecule has 2 bridgehead atoms. The summed E-state index contributed by atoms with van der Waals surface area (Å²) in [6.07, 6.45) is 8.30. The molecule has 2 rings (SSSR count). The quantitative estimate of drug-likeness (QED) is 0.766. The summed E-state index contributed by atoms with van der Waals surface area (Å²) in [6, 6.07) is 3.39. The highest BCUT2D eigenvalue weighted by Crippen LogP contribution is 2.38. The van der Waals surface area contributed by atoms with Gasteiger partial charge in [0.1, 0.15) is 0 Å². The third-order valence-corrected chi connectivity index (χ3v) is 4.56. The molecule has 0 amide bonds. The summed E-state index contributed by atoms with van der Waals surface area (Å²) < 4.78 is 0. The molecule has 0 aliphatic carbocycles. The van der Waals surface area contributed by atoms with Gasteiger partial charge in [-0.15, -0.1) is 0 Å². The zero-order chi connectivity index (χ0) is 10.8. The minimum Gasteiger partial charge on any atom is -0.317 e. The van der Waals surface area contributed by atoms with Crippen LogP contribution in [0.25, 0.3) is 0 Å². The van der Waals surface area contributed by atoms with Crippen molar-refractivity contribution in [3.63, 3.8) is 0 Å². The van der Waals surface area contributed by atoms with Gasteiger partial charge in [0.05, 0.1) is 0 Å². The number of nitrogens with zero attached hydrogens (tertiary/aromatic N) is 1. The minimum absolute atomic E-state index is 0.785. The first kappa shape index (κ1) is 11.4. The average molecular weight is 210 g/mol. The van der Waals surface area contributed by atoms with E-state index in [1.54, 1.807) is 0 Å². The Kier molecular flexibility index (Phi) is 3.68. The van der Waals surface area contributed by atoms with Crippen LogP contribution in [0.5, 0.6) is 0 Å². The van der Waals surface area contributed by atoms with E-state index in [1.165, 1.54) is 38.5 Å². The summed E-state index contributed by atoms with van der Waals surface area (Å²) in [4.78, 5) is 2.86. The number of nitrogens with one attached hydrogen (secondary N) is 1. The van der Waals surface area contributed by atoms with E-state index in [2.05, 4.69) is 31.1 Å². The van der Waals surface area contributed by atoms with Crippen LogP contribution in [-0.4, -0.2) is 36.1 Å². The zero-order valence-electron chi connectivity index (χ0n) is 10.5. The molecule has 2 saturated heterocycles. The lowest BCUT2D eigenvalue weighted by atomic mass is 9.94. The van der Waals surface area contributed by atoms with Crippen LogP contribution in [-0.2, 0) is 0 Å². The Labute approximate surface area is 94.4 Å². The van der Waals surface area contributed by atoms with Gasteiger partial charge >= 0.3 is 0 Å². The molecule has 88 valence electrons. The Morgan fingerprint density at radius 1 is 1.13 bits per heavy atom. The van der Waals surface area contributed by atoms with E-state index in [-0.39, 0.29) is 0 Å². The standard InChI is InChI=1S/C13H26N2/c1-4-11(5-2)15-12-6-7-13(15)9-10(8-12)14-3/h10-14H,4-9H2,1-3H3. The largest absolute Gasteiger partial charge is 0.317 e. The van der Waals surface area contributed by atoms with E-state index in [0.717, 1.165) is 24.2 Å². The van der Waals surface area contributed by atoms with Crippen LogP contribution < -0.4 is 5.32 Å². The van der Waals surface area contributed by atoms with E-state index < -0.39 is 0 Å². The van der Waals surface area contributed by atoms with E-state index >= 15 is 0 Å². The summed E-state index contributed by atoms with van der Waals surface area (Å²) in [7, 11) is 2.12. The molecular weight excluding hydrogens is 184 g/mol. The van der Waals surface area contributed by atoms with Crippen molar-refractivity contribution in [1.29, 1.82) is 0 Å². The lowest BCUT2D eigenvalue weighted by molar-refractivity contribution is 0.0671. The van der Waals surface area contributed by atoms with Gasteiger partial charge in [-0.3, -0.25) is 4.90 Å². The lowest BCUT2D eigenvalue weighted by Gasteiger charge is -2.43. The Bertz CT molecular complexity index is 187. The molecule has 0 aromatic heterocycles. The van der Waals surface area contributed by atoms with Crippen molar-refractivity contribution in [2.45, 2.75) is 76.5 Å². The molecule has 0 spiro atoms. The highest BCUT2D eigenvalue weighted by molar-refractivity contribution is 4.99. The minimum atomic E-state index is 0.785.